The third kappa shape index (κ3) is 9.43. The summed E-state index contributed by atoms with van der Waals surface area (Å²) in [5.41, 5.74) is -2.04. The average molecular weight is 698 g/mol. The van der Waals surface area contributed by atoms with Gasteiger partial charge in [0.2, 0.25) is 0 Å². The van der Waals surface area contributed by atoms with Crippen molar-refractivity contribution in [1.29, 1.82) is 0 Å². The van der Waals surface area contributed by atoms with E-state index in [4.69, 9.17) is 27.9 Å². The zero-order valence-electron chi connectivity index (χ0n) is 23.1. The van der Waals surface area contributed by atoms with E-state index in [9.17, 15) is 45.5 Å². The quantitative estimate of drug-likeness (QED) is 0.176. The first kappa shape index (κ1) is 35.8. The van der Waals surface area contributed by atoms with Gasteiger partial charge in [0.25, 0.3) is 11.8 Å². The number of benzene rings is 2. The van der Waals surface area contributed by atoms with Crippen molar-refractivity contribution < 1.29 is 54.6 Å². The van der Waals surface area contributed by atoms with E-state index in [0.717, 1.165) is 12.1 Å². The molecule has 0 radical (unpaired) electrons. The van der Waals surface area contributed by atoms with Crippen LogP contribution >= 0.6 is 23.2 Å². The van der Waals surface area contributed by atoms with Crippen LogP contribution in [-0.2, 0) is 9.59 Å². The number of amides is 4. The fourth-order valence-electron chi connectivity index (χ4n) is 3.59. The number of aromatic nitrogens is 1. The van der Waals surface area contributed by atoms with Crippen molar-refractivity contribution in [1.82, 2.24) is 10.3 Å². The zero-order chi connectivity index (χ0) is 34.4. The second-order valence-electron chi connectivity index (χ2n) is 9.08. The average Bonchev–Trinajstić information content (AvgIpc) is 2.96. The highest BCUT2D eigenvalue weighted by molar-refractivity contribution is 6.31. The van der Waals surface area contributed by atoms with Crippen LogP contribution in [0.5, 0.6) is 5.75 Å². The summed E-state index contributed by atoms with van der Waals surface area (Å²) in [5.74, 6) is -8.87. The summed E-state index contributed by atoms with van der Waals surface area (Å²) < 4.78 is 96.9. The number of pyridine rings is 1. The van der Waals surface area contributed by atoms with E-state index >= 15 is 4.39 Å². The molecule has 1 heterocycles. The smallest absolute Gasteiger partial charge is 0.471 e. The van der Waals surface area contributed by atoms with Gasteiger partial charge in [-0.15, -0.1) is 0 Å². The molecule has 3 rings (SSSR count). The molecule has 0 unspecified atom stereocenters. The molecular weight excluding hydrogens is 678 g/mol. The summed E-state index contributed by atoms with van der Waals surface area (Å²) in [6, 6.07) is 7.59. The Kier molecular flexibility index (Phi) is 11.4. The molecule has 0 atom stereocenters. The molecule has 246 valence electrons. The molecule has 0 aliphatic carbocycles. The molecule has 0 bridgehead atoms. The number of anilines is 3. The zero-order valence-corrected chi connectivity index (χ0v) is 24.6. The Balaban J connectivity index is 1.92. The van der Waals surface area contributed by atoms with Crippen molar-refractivity contribution >= 4 is 64.0 Å². The Morgan fingerprint density at radius 3 is 2.17 bits per heavy atom. The molecule has 4 amide bonds. The van der Waals surface area contributed by atoms with E-state index < -0.39 is 72.0 Å². The van der Waals surface area contributed by atoms with Gasteiger partial charge < -0.3 is 25.6 Å². The third-order valence-electron chi connectivity index (χ3n) is 5.77. The molecule has 19 heteroatoms. The second kappa shape index (κ2) is 14.6. The van der Waals surface area contributed by atoms with Crippen LogP contribution in [0.25, 0.3) is 0 Å². The minimum absolute atomic E-state index is 0.0353. The SMILES string of the molecule is CN(C(=O)C(F)(F)F)c1cc(F)c(C(=O)Nc2ccc(Cl)cc2C(=O)Nc2ccc(Cl)cn2)c(OCCCNC(=O)C(F)(F)F)c1. The van der Waals surface area contributed by atoms with Gasteiger partial charge in [-0.2, -0.15) is 26.3 Å². The molecular formula is C27H20Cl2F7N5O5. The lowest BCUT2D eigenvalue weighted by molar-refractivity contribution is -0.173. The predicted molar refractivity (Wildman–Crippen MR) is 152 cm³/mol. The van der Waals surface area contributed by atoms with Crippen LogP contribution in [0.2, 0.25) is 10.0 Å². The Hall–Kier alpha value is -4.64. The lowest BCUT2D eigenvalue weighted by Gasteiger charge is -2.21. The first-order chi connectivity index (χ1) is 21.4. The van der Waals surface area contributed by atoms with Gasteiger partial charge in [0.1, 0.15) is 22.9 Å². The topological polar surface area (TPSA) is 130 Å². The molecule has 3 aromatic rings. The van der Waals surface area contributed by atoms with Gasteiger partial charge in [0.05, 0.1) is 28.6 Å². The minimum atomic E-state index is -5.36. The maximum Gasteiger partial charge on any atom is 0.471 e. The largest absolute Gasteiger partial charge is 0.492 e. The predicted octanol–water partition coefficient (Wildman–Crippen LogP) is 6.00. The highest BCUT2D eigenvalue weighted by Crippen LogP contribution is 2.32. The van der Waals surface area contributed by atoms with E-state index in [1.807, 2.05) is 0 Å². The maximum atomic E-state index is 15.4. The van der Waals surface area contributed by atoms with Gasteiger partial charge in [0.15, 0.2) is 0 Å². The lowest BCUT2D eigenvalue weighted by Crippen LogP contribution is -2.38. The molecule has 0 saturated carbocycles. The summed E-state index contributed by atoms with van der Waals surface area (Å²) in [5, 5.41) is 6.61. The van der Waals surface area contributed by atoms with E-state index in [2.05, 4.69) is 15.6 Å². The number of rotatable bonds is 10. The summed E-state index contributed by atoms with van der Waals surface area (Å²) >= 11 is 11.8. The molecule has 0 aliphatic heterocycles. The summed E-state index contributed by atoms with van der Waals surface area (Å²) in [6.07, 6.45) is -9.60. The number of nitrogens with one attached hydrogen (secondary N) is 3. The van der Waals surface area contributed by atoms with Crippen molar-refractivity contribution in [3.05, 3.63) is 75.7 Å². The number of hydrogen-bond acceptors (Lipinski definition) is 6. The van der Waals surface area contributed by atoms with Crippen LogP contribution in [-0.4, -0.2) is 61.2 Å². The van der Waals surface area contributed by atoms with Crippen molar-refractivity contribution in [2.75, 3.05) is 35.7 Å². The Bertz CT molecular complexity index is 1640. The standard InChI is InChI=1S/C27H20Cl2F7N5O5/c1-41(25(45)27(34,35)36)15-10-17(30)21(19(11-15)46-8-2-7-37-24(44)26(31,32)33)23(43)39-18-5-3-13(28)9-16(18)22(42)40-20-6-4-14(29)12-38-20/h3-6,9-12H,2,7-8H2,1H3,(H,37,44)(H,39,43)(H,38,40,42). The minimum Gasteiger partial charge on any atom is -0.492 e. The van der Waals surface area contributed by atoms with Gasteiger partial charge in [-0.1, -0.05) is 23.2 Å². The summed E-state index contributed by atoms with van der Waals surface area (Å²) in [4.78, 5) is 53.0. The van der Waals surface area contributed by atoms with Crippen LogP contribution in [0.1, 0.15) is 27.1 Å². The number of carbonyl (C=O) groups is 4. The molecule has 1 aromatic heterocycles. The monoisotopic (exact) mass is 697 g/mol. The summed E-state index contributed by atoms with van der Waals surface area (Å²) in [7, 11) is 0.676. The number of ether oxygens (including phenoxy) is 1. The normalized spacial score (nSPS) is 11.4. The van der Waals surface area contributed by atoms with Gasteiger partial charge in [-0.05, 0) is 42.8 Å². The summed E-state index contributed by atoms with van der Waals surface area (Å²) in [6.45, 7) is -1.15. The van der Waals surface area contributed by atoms with Gasteiger partial charge in [-0.3, -0.25) is 19.2 Å². The van der Waals surface area contributed by atoms with Gasteiger partial charge in [0, 0.05) is 30.9 Å². The van der Waals surface area contributed by atoms with Crippen molar-refractivity contribution in [2.45, 2.75) is 18.8 Å². The number of halogens is 9. The van der Waals surface area contributed by atoms with Crippen molar-refractivity contribution in [3.8, 4) is 5.75 Å². The number of carbonyl (C=O) groups excluding carboxylic acids is 4. The fourth-order valence-corrected chi connectivity index (χ4v) is 3.87. The number of nitrogens with zero attached hydrogens (tertiary/aromatic N) is 2. The molecule has 10 nitrogen and oxygen atoms in total. The molecule has 0 aliphatic rings. The van der Waals surface area contributed by atoms with Crippen LogP contribution in [0.3, 0.4) is 0 Å². The maximum absolute atomic E-state index is 15.4. The second-order valence-corrected chi connectivity index (χ2v) is 9.95. The molecule has 2 aromatic carbocycles. The van der Waals surface area contributed by atoms with Crippen LogP contribution < -0.4 is 25.6 Å². The molecule has 46 heavy (non-hydrogen) atoms. The lowest BCUT2D eigenvalue weighted by atomic mass is 10.1. The molecule has 0 fully saturated rings. The fraction of sp³-hybridized carbons (Fsp3) is 0.222. The first-order valence-corrected chi connectivity index (χ1v) is 13.3. The highest BCUT2D eigenvalue weighted by atomic mass is 35.5. The van der Waals surface area contributed by atoms with Crippen LogP contribution in [0.15, 0.2) is 48.7 Å². The Labute approximate surface area is 264 Å². The van der Waals surface area contributed by atoms with Crippen molar-refractivity contribution in [2.24, 2.45) is 0 Å². The van der Waals surface area contributed by atoms with Crippen LogP contribution in [0.4, 0.5) is 47.9 Å². The van der Waals surface area contributed by atoms with Gasteiger partial charge in [-0.25, -0.2) is 9.37 Å². The molecule has 3 N–H and O–H groups in total. The van der Waals surface area contributed by atoms with E-state index in [0.29, 0.717) is 13.1 Å². The Morgan fingerprint density at radius 2 is 1.57 bits per heavy atom. The molecule has 0 saturated heterocycles. The van der Waals surface area contributed by atoms with E-state index in [1.54, 1.807) is 5.32 Å². The third-order valence-corrected chi connectivity index (χ3v) is 6.22. The first-order valence-electron chi connectivity index (χ1n) is 12.6. The van der Waals surface area contributed by atoms with Crippen LogP contribution in [0, 0.1) is 5.82 Å². The van der Waals surface area contributed by atoms with E-state index in [1.165, 1.54) is 30.5 Å². The van der Waals surface area contributed by atoms with Crippen molar-refractivity contribution in [3.63, 3.8) is 0 Å². The number of alkyl halides is 6. The van der Waals surface area contributed by atoms with E-state index in [-0.39, 0.29) is 38.4 Å². The van der Waals surface area contributed by atoms with Gasteiger partial charge >= 0.3 is 24.2 Å². The number of hydrogen-bond donors (Lipinski definition) is 3. The highest BCUT2D eigenvalue weighted by Gasteiger charge is 2.42. The molecule has 0 spiro atoms. The Morgan fingerprint density at radius 1 is 0.891 bits per heavy atom.